The third-order valence-electron chi connectivity index (χ3n) is 6.12. The Bertz CT molecular complexity index is 775. The largest absolute Gasteiger partial charge is 0.379 e. The minimum absolute atomic E-state index is 0.116. The third kappa shape index (κ3) is 4.38. The number of rotatable bonds is 6. The van der Waals surface area contributed by atoms with E-state index in [1.54, 1.807) is 0 Å². The van der Waals surface area contributed by atoms with Gasteiger partial charge in [-0.2, -0.15) is 0 Å². The number of piperidine rings is 1. The van der Waals surface area contributed by atoms with Gasteiger partial charge in [-0.15, -0.1) is 0 Å². The first-order chi connectivity index (χ1) is 14.1. The molecule has 0 aliphatic carbocycles. The van der Waals surface area contributed by atoms with E-state index in [9.17, 15) is 9.59 Å². The predicted octanol–water partition coefficient (Wildman–Crippen LogP) is 2.28. The summed E-state index contributed by atoms with van der Waals surface area (Å²) in [5, 5.41) is 0. The van der Waals surface area contributed by atoms with Gasteiger partial charge in [0, 0.05) is 39.3 Å². The van der Waals surface area contributed by atoms with Crippen LogP contribution in [0.4, 0.5) is 0 Å². The average molecular weight is 398 g/mol. The smallest absolute Gasteiger partial charge is 0.277 e. The number of hydrogen-bond acceptors (Lipinski definition) is 5. The molecule has 2 fully saturated rings. The summed E-state index contributed by atoms with van der Waals surface area (Å²) in [6, 6.07) is 7.96. The molecule has 0 N–H and O–H groups in total. The van der Waals surface area contributed by atoms with Crippen molar-refractivity contribution in [3.05, 3.63) is 41.1 Å². The van der Waals surface area contributed by atoms with Crippen molar-refractivity contribution in [1.29, 1.82) is 0 Å². The van der Waals surface area contributed by atoms with Crippen molar-refractivity contribution in [2.24, 2.45) is 0 Å². The van der Waals surface area contributed by atoms with Crippen LogP contribution in [-0.2, 0) is 14.3 Å². The number of imide groups is 1. The first-order valence-corrected chi connectivity index (χ1v) is 10.9. The quantitative estimate of drug-likeness (QED) is 0.690. The molecule has 4 rings (SSSR count). The van der Waals surface area contributed by atoms with Crippen molar-refractivity contribution in [2.75, 3.05) is 52.5 Å². The molecule has 2 amide bonds. The molecular formula is C23H31N3O3. The van der Waals surface area contributed by atoms with Gasteiger partial charge in [0.1, 0.15) is 5.70 Å². The number of morpholine rings is 1. The highest BCUT2D eigenvalue weighted by molar-refractivity contribution is 6.35. The number of aryl methyl sites for hydroxylation is 1. The lowest BCUT2D eigenvalue weighted by molar-refractivity contribution is -0.137. The highest BCUT2D eigenvalue weighted by atomic mass is 16.5. The van der Waals surface area contributed by atoms with Gasteiger partial charge in [-0.25, -0.2) is 0 Å². The highest BCUT2D eigenvalue weighted by Crippen LogP contribution is 2.33. The summed E-state index contributed by atoms with van der Waals surface area (Å²) in [5.41, 5.74) is 3.20. The minimum Gasteiger partial charge on any atom is -0.379 e. The monoisotopic (exact) mass is 397 g/mol. The van der Waals surface area contributed by atoms with Crippen LogP contribution in [0.25, 0.3) is 5.57 Å². The summed E-state index contributed by atoms with van der Waals surface area (Å²) < 4.78 is 5.39. The van der Waals surface area contributed by atoms with Gasteiger partial charge in [-0.3, -0.25) is 19.4 Å². The normalized spacial score (nSPS) is 21.4. The van der Waals surface area contributed by atoms with Crippen LogP contribution in [0.2, 0.25) is 0 Å². The Labute approximate surface area is 173 Å². The Morgan fingerprint density at radius 2 is 1.55 bits per heavy atom. The van der Waals surface area contributed by atoms with E-state index in [1.165, 1.54) is 11.3 Å². The van der Waals surface area contributed by atoms with Gasteiger partial charge in [0.2, 0.25) is 0 Å². The molecule has 0 spiro atoms. The second kappa shape index (κ2) is 9.09. The SMILES string of the molecule is Cc1ccc(C2=C(N3CCCCC3)C(=O)N(CCCN3CCOCC3)C2=O)cc1. The van der Waals surface area contributed by atoms with Crippen LogP contribution in [0.15, 0.2) is 30.0 Å². The van der Waals surface area contributed by atoms with E-state index in [0.717, 1.165) is 76.3 Å². The van der Waals surface area contributed by atoms with E-state index in [-0.39, 0.29) is 11.8 Å². The Morgan fingerprint density at radius 3 is 2.24 bits per heavy atom. The molecule has 0 saturated carbocycles. The van der Waals surface area contributed by atoms with E-state index in [2.05, 4.69) is 9.80 Å². The van der Waals surface area contributed by atoms with E-state index in [0.29, 0.717) is 17.8 Å². The van der Waals surface area contributed by atoms with Crippen molar-refractivity contribution in [2.45, 2.75) is 32.6 Å². The molecule has 3 heterocycles. The van der Waals surface area contributed by atoms with Crippen LogP contribution >= 0.6 is 0 Å². The fourth-order valence-corrected chi connectivity index (χ4v) is 4.43. The molecule has 0 aromatic heterocycles. The standard InChI is InChI=1S/C23H31N3O3/c1-18-6-8-19(9-7-18)20-21(25-11-3-2-4-12-25)23(28)26(22(20)27)13-5-10-24-14-16-29-17-15-24/h6-9H,2-5,10-17H2,1H3. The van der Waals surface area contributed by atoms with Gasteiger partial charge in [0.15, 0.2) is 0 Å². The van der Waals surface area contributed by atoms with Crippen LogP contribution in [0.3, 0.4) is 0 Å². The zero-order valence-electron chi connectivity index (χ0n) is 17.4. The maximum absolute atomic E-state index is 13.3. The van der Waals surface area contributed by atoms with Gasteiger partial charge in [-0.1, -0.05) is 29.8 Å². The number of hydrogen-bond donors (Lipinski definition) is 0. The molecular weight excluding hydrogens is 366 g/mol. The van der Waals surface area contributed by atoms with Crippen molar-refractivity contribution < 1.29 is 14.3 Å². The molecule has 0 bridgehead atoms. The highest BCUT2D eigenvalue weighted by Gasteiger charge is 2.41. The number of ether oxygens (including phenoxy) is 1. The molecule has 156 valence electrons. The Kier molecular flexibility index (Phi) is 6.31. The van der Waals surface area contributed by atoms with Crippen LogP contribution in [-0.4, -0.2) is 79.0 Å². The number of carbonyl (C=O) groups excluding carboxylic acids is 2. The number of carbonyl (C=O) groups is 2. The summed E-state index contributed by atoms with van der Waals surface area (Å²) >= 11 is 0. The summed E-state index contributed by atoms with van der Waals surface area (Å²) in [6.07, 6.45) is 4.13. The maximum Gasteiger partial charge on any atom is 0.277 e. The van der Waals surface area contributed by atoms with Gasteiger partial charge in [0.25, 0.3) is 11.8 Å². The summed E-state index contributed by atoms with van der Waals surface area (Å²) in [5.74, 6) is -0.254. The van der Waals surface area contributed by atoms with Crippen LogP contribution in [0.5, 0.6) is 0 Å². The molecule has 1 aromatic carbocycles. The van der Waals surface area contributed by atoms with E-state index in [1.807, 2.05) is 31.2 Å². The van der Waals surface area contributed by atoms with Gasteiger partial charge < -0.3 is 9.64 Å². The minimum atomic E-state index is -0.138. The summed E-state index contributed by atoms with van der Waals surface area (Å²) in [4.78, 5) is 32.6. The number of nitrogens with zero attached hydrogens (tertiary/aromatic N) is 3. The molecule has 6 heteroatoms. The molecule has 6 nitrogen and oxygen atoms in total. The third-order valence-corrected chi connectivity index (χ3v) is 6.12. The van der Waals surface area contributed by atoms with E-state index < -0.39 is 0 Å². The zero-order chi connectivity index (χ0) is 20.2. The Balaban J connectivity index is 1.53. The molecule has 0 atom stereocenters. The summed E-state index contributed by atoms with van der Waals surface area (Å²) in [6.45, 7) is 8.47. The lowest BCUT2D eigenvalue weighted by atomic mass is 10.0. The summed E-state index contributed by atoms with van der Waals surface area (Å²) in [7, 11) is 0. The molecule has 3 aliphatic heterocycles. The molecule has 29 heavy (non-hydrogen) atoms. The Hall–Kier alpha value is -2.18. The second-order valence-corrected chi connectivity index (χ2v) is 8.21. The molecule has 0 unspecified atom stereocenters. The topological polar surface area (TPSA) is 53.1 Å². The van der Waals surface area contributed by atoms with Crippen molar-refractivity contribution in [3.8, 4) is 0 Å². The Morgan fingerprint density at radius 1 is 0.862 bits per heavy atom. The van der Waals surface area contributed by atoms with Crippen molar-refractivity contribution in [3.63, 3.8) is 0 Å². The molecule has 0 radical (unpaired) electrons. The van der Waals surface area contributed by atoms with E-state index in [4.69, 9.17) is 4.74 Å². The number of likely N-dealkylation sites (tertiary alicyclic amines) is 1. The zero-order valence-corrected chi connectivity index (χ0v) is 17.4. The van der Waals surface area contributed by atoms with Crippen molar-refractivity contribution >= 4 is 17.4 Å². The van der Waals surface area contributed by atoms with Crippen LogP contribution in [0, 0.1) is 6.92 Å². The number of benzene rings is 1. The van der Waals surface area contributed by atoms with Gasteiger partial charge in [0.05, 0.1) is 18.8 Å². The van der Waals surface area contributed by atoms with Gasteiger partial charge in [-0.05, 0) is 38.2 Å². The maximum atomic E-state index is 13.3. The first-order valence-electron chi connectivity index (χ1n) is 10.9. The lowest BCUT2D eigenvalue weighted by Gasteiger charge is -2.30. The number of amides is 2. The lowest BCUT2D eigenvalue weighted by Crippen LogP contribution is -2.40. The van der Waals surface area contributed by atoms with Crippen LogP contribution in [0.1, 0.15) is 36.8 Å². The average Bonchev–Trinajstić information content (AvgIpc) is 3.00. The first kappa shape index (κ1) is 20.1. The molecule has 1 aromatic rings. The molecule has 2 saturated heterocycles. The fourth-order valence-electron chi connectivity index (χ4n) is 4.43. The van der Waals surface area contributed by atoms with E-state index >= 15 is 0 Å². The van der Waals surface area contributed by atoms with Crippen molar-refractivity contribution in [1.82, 2.24) is 14.7 Å². The molecule has 3 aliphatic rings. The predicted molar refractivity (Wildman–Crippen MR) is 112 cm³/mol. The van der Waals surface area contributed by atoms with Crippen LogP contribution < -0.4 is 0 Å². The second-order valence-electron chi connectivity index (χ2n) is 8.21. The van der Waals surface area contributed by atoms with Gasteiger partial charge >= 0.3 is 0 Å². The fraction of sp³-hybridized carbons (Fsp3) is 0.565.